The second-order valence-electron chi connectivity index (χ2n) is 4.47. The normalized spacial score (nSPS) is 17.1. The lowest BCUT2D eigenvalue weighted by Crippen LogP contribution is -2.41. The Balaban J connectivity index is 2.05. The molecule has 0 aromatic rings. The molecule has 6 nitrogen and oxygen atoms in total. The molecule has 1 saturated heterocycles. The summed E-state index contributed by atoms with van der Waals surface area (Å²) in [5.74, 6) is 0.560. The fourth-order valence-electron chi connectivity index (χ4n) is 1.61. The average molecular weight is 290 g/mol. The summed E-state index contributed by atoms with van der Waals surface area (Å²) in [7, 11) is 0. The first kappa shape index (κ1) is 16.3. The number of carbonyl (C=O) groups excluding carboxylic acids is 2. The zero-order valence-corrected chi connectivity index (χ0v) is 12.1. The molecule has 1 aliphatic heterocycles. The van der Waals surface area contributed by atoms with Crippen molar-refractivity contribution >= 4 is 23.6 Å². The third-order valence-electron chi connectivity index (χ3n) is 2.71. The second kappa shape index (κ2) is 9.17. The summed E-state index contributed by atoms with van der Waals surface area (Å²) in [5.41, 5.74) is 0. The average Bonchev–Trinajstić information content (AvgIpc) is 2.39. The Kier molecular flexibility index (Phi) is 7.85. The van der Waals surface area contributed by atoms with Crippen LogP contribution in [0.3, 0.4) is 0 Å². The molecule has 7 heteroatoms. The largest absolute Gasteiger partial charge is 0.393 e. The Labute approximate surface area is 117 Å². The molecule has 0 aromatic carbocycles. The molecule has 1 atom stereocenters. The van der Waals surface area contributed by atoms with Gasteiger partial charge in [0.2, 0.25) is 11.8 Å². The number of aliphatic hydroxyl groups is 1. The summed E-state index contributed by atoms with van der Waals surface area (Å²) in [6.07, 6.45) is 0.138. The first-order valence-electron chi connectivity index (χ1n) is 6.47. The zero-order valence-electron chi connectivity index (χ0n) is 11.3. The van der Waals surface area contributed by atoms with Crippen LogP contribution in [-0.2, 0) is 14.3 Å². The number of nitrogens with zero attached hydrogens (tertiary/aromatic N) is 1. The minimum absolute atomic E-state index is 0.0603. The summed E-state index contributed by atoms with van der Waals surface area (Å²) in [5, 5.41) is 11.7. The molecule has 0 bridgehead atoms. The van der Waals surface area contributed by atoms with Gasteiger partial charge in [0.15, 0.2) is 0 Å². The Bertz CT molecular complexity index is 293. The smallest absolute Gasteiger partial charge is 0.232 e. The highest BCUT2D eigenvalue weighted by Gasteiger charge is 2.16. The highest BCUT2D eigenvalue weighted by Crippen LogP contribution is 2.05. The Morgan fingerprint density at radius 1 is 1.37 bits per heavy atom. The molecule has 0 aromatic heterocycles. The number of carbonyl (C=O) groups is 2. The van der Waals surface area contributed by atoms with E-state index in [-0.39, 0.29) is 17.6 Å². The van der Waals surface area contributed by atoms with Crippen LogP contribution in [0.5, 0.6) is 0 Å². The highest BCUT2D eigenvalue weighted by atomic mass is 32.2. The van der Waals surface area contributed by atoms with Crippen molar-refractivity contribution in [2.75, 3.05) is 44.4 Å². The maximum atomic E-state index is 11.8. The highest BCUT2D eigenvalue weighted by molar-refractivity contribution is 8.00. The number of morpholine rings is 1. The third-order valence-corrected chi connectivity index (χ3v) is 3.62. The molecule has 0 aliphatic carbocycles. The summed E-state index contributed by atoms with van der Waals surface area (Å²) in [6, 6.07) is 0. The Morgan fingerprint density at radius 2 is 2.05 bits per heavy atom. The molecule has 0 saturated carbocycles. The number of hydrogen-bond donors (Lipinski definition) is 2. The first-order valence-corrected chi connectivity index (χ1v) is 7.63. The molecule has 1 aliphatic rings. The molecular weight excluding hydrogens is 268 g/mol. The third kappa shape index (κ3) is 7.39. The topological polar surface area (TPSA) is 78.9 Å². The van der Waals surface area contributed by atoms with Gasteiger partial charge in [0.1, 0.15) is 0 Å². The van der Waals surface area contributed by atoms with Gasteiger partial charge in [-0.05, 0) is 13.3 Å². The number of ether oxygens (including phenoxy) is 1. The van der Waals surface area contributed by atoms with Crippen molar-refractivity contribution in [2.24, 2.45) is 0 Å². The molecule has 1 unspecified atom stereocenters. The van der Waals surface area contributed by atoms with Crippen LogP contribution < -0.4 is 5.32 Å². The Morgan fingerprint density at radius 3 is 2.68 bits per heavy atom. The van der Waals surface area contributed by atoms with E-state index in [9.17, 15) is 9.59 Å². The fourth-order valence-corrected chi connectivity index (χ4v) is 2.35. The molecule has 1 fully saturated rings. The van der Waals surface area contributed by atoms with E-state index >= 15 is 0 Å². The molecule has 1 rings (SSSR count). The van der Waals surface area contributed by atoms with Crippen molar-refractivity contribution in [1.29, 1.82) is 0 Å². The van der Waals surface area contributed by atoms with Crippen molar-refractivity contribution in [2.45, 2.75) is 19.4 Å². The van der Waals surface area contributed by atoms with Gasteiger partial charge in [-0.25, -0.2) is 0 Å². The number of hydrogen-bond acceptors (Lipinski definition) is 5. The number of rotatable bonds is 7. The second-order valence-corrected chi connectivity index (χ2v) is 5.46. The lowest BCUT2D eigenvalue weighted by atomic mass is 10.3. The van der Waals surface area contributed by atoms with Crippen LogP contribution in [0.4, 0.5) is 0 Å². The van der Waals surface area contributed by atoms with Gasteiger partial charge in [0.05, 0.1) is 30.8 Å². The lowest BCUT2D eigenvalue weighted by molar-refractivity contribution is -0.132. The van der Waals surface area contributed by atoms with Crippen LogP contribution in [0.15, 0.2) is 0 Å². The van der Waals surface area contributed by atoms with Crippen molar-refractivity contribution in [1.82, 2.24) is 10.2 Å². The summed E-state index contributed by atoms with van der Waals surface area (Å²) in [6.45, 7) is 4.61. The monoisotopic (exact) mass is 290 g/mol. The summed E-state index contributed by atoms with van der Waals surface area (Å²) in [4.78, 5) is 25.0. The maximum Gasteiger partial charge on any atom is 0.232 e. The van der Waals surface area contributed by atoms with Gasteiger partial charge in [-0.15, -0.1) is 11.8 Å². The number of nitrogens with one attached hydrogen (secondary N) is 1. The van der Waals surface area contributed by atoms with Gasteiger partial charge in [-0.3, -0.25) is 9.59 Å². The molecule has 110 valence electrons. The molecule has 0 spiro atoms. The van der Waals surface area contributed by atoms with Crippen LogP contribution in [0.2, 0.25) is 0 Å². The van der Waals surface area contributed by atoms with E-state index in [1.54, 1.807) is 11.8 Å². The van der Waals surface area contributed by atoms with Crippen molar-refractivity contribution < 1.29 is 19.4 Å². The van der Waals surface area contributed by atoms with E-state index in [2.05, 4.69) is 5.32 Å². The Hall–Kier alpha value is -0.790. The number of thioether (sulfide) groups is 1. The first-order chi connectivity index (χ1) is 9.09. The lowest BCUT2D eigenvalue weighted by Gasteiger charge is -2.26. The SMILES string of the molecule is CC(O)CCNC(=O)CSCC(=O)N1CCOCC1. The van der Waals surface area contributed by atoms with Gasteiger partial charge in [0, 0.05) is 19.6 Å². The van der Waals surface area contributed by atoms with Crippen molar-refractivity contribution in [3.05, 3.63) is 0 Å². The van der Waals surface area contributed by atoms with Crippen molar-refractivity contribution in [3.63, 3.8) is 0 Å². The molecule has 1 heterocycles. The van der Waals surface area contributed by atoms with E-state index < -0.39 is 6.10 Å². The van der Waals surface area contributed by atoms with Gasteiger partial charge < -0.3 is 20.1 Å². The van der Waals surface area contributed by atoms with Crippen LogP contribution >= 0.6 is 11.8 Å². The number of amides is 2. The van der Waals surface area contributed by atoms with Gasteiger partial charge in [-0.1, -0.05) is 0 Å². The van der Waals surface area contributed by atoms with E-state index in [0.29, 0.717) is 45.0 Å². The minimum atomic E-state index is -0.407. The number of aliphatic hydroxyl groups excluding tert-OH is 1. The molecule has 2 N–H and O–H groups in total. The van der Waals surface area contributed by atoms with E-state index in [0.717, 1.165) is 0 Å². The van der Waals surface area contributed by atoms with E-state index in [4.69, 9.17) is 9.84 Å². The zero-order chi connectivity index (χ0) is 14.1. The molecule has 0 radical (unpaired) electrons. The quantitative estimate of drug-likeness (QED) is 0.659. The minimum Gasteiger partial charge on any atom is -0.393 e. The molecule has 19 heavy (non-hydrogen) atoms. The van der Waals surface area contributed by atoms with Gasteiger partial charge >= 0.3 is 0 Å². The summed E-state index contributed by atoms with van der Waals surface area (Å²) < 4.78 is 5.17. The van der Waals surface area contributed by atoms with Gasteiger partial charge in [-0.2, -0.15) is 0 Å². The maximum absolute atomic E-state index is 11.8. The molecule has 2 amide bonds. The van der Waals surface area contributed by atoms with Crippen LogP contribution in [0.25, 0.3) is 0 Å². The van der Waals surface area contributed by atoms with Crippen LogP contribution in [-0.4, -0.2) is 72.3 Å². The van der Waals surface area contributed by atoms with E-state index in [1.165, 1.54) is 11.8 Å². The predicted molar refractivity (Wildman–Crippen MR) is 74.0 cm³/mol. The predicted octanol–water partition coefficient (Wildman–Crippen LogP) is -0.534. The van der Waals surface area contributed by atoms with Crippen LogP contribution in [0.1, 0.15) is 13.3 Å². The van der Waals surface area contributed by atoms with Crippen molar-refractivity contribution in [3.8, 4) is 0 Å². The molecular formula is C12H22N2O4S. The fraction of sp³-hybridized carbons (Fsp3) is 0.833. The van der Waals surface area contributed by atoms with Gasteiger partial charge in [0.25, 0.3) is 0 Å². The standard InChI is InChI=1S/C12H22N2O4S/c1-10(15)2-3-13-11(16)8-19-9-12(17)14-4-6-18-7-5-14/h10,15H,2-9H2,1H3,(H,13,16). The summed E-state index contributed by atoms with van der Waals surface area (Å²) >= 11 is 1.32. The van der Waals surface area contributed by atoms with Crippen LogP contribution in [0, 0.1) is 0 Å². The van der Waals surface area contributed by atoms with E-state index in [1.807, 2.05) is 0 Å².